The molecule has 0 aromatic carbocycles. The molecule has 4 bridgehead atoms. The van der Waals surface area contributed by atoms with Crippen molar-refractivity contribution in [3.63, 3.8) is 0 Å². The van der Waals surface area contributed by atoms with Gasteiger partial charge in [-0.3, -0.25) is 4.79 Å². The van der Waals surface area contributed by atoms with Gasteiger partial charge in [0, 0.05) is 18.8 Å². The third-order valence-electron chi connectivity index (χ3n) is 4.74. The molecule has 4 fully saturated rings. The predicted molar refractivity (Wildman–Crippen MR) is 60.9 cm³/mol. The second-order valence-corrected chi connectivity index (χ2v) is 6.09. The molecule has 2 unspecified atom stereocenters. The average molecular weight is 254 g/mol. The van der Waals surface area contributed by atoms with Crippen molar-refractivity contribution >= 4 is 12.1 Å². The van der Waals surface area contributed by atoms with Gasteiger partial charge in [0.15, 0.2) is 0 Å². The Bertz CT molecular complexity index is 375. The van der Waals surface area contributed by atoms with E-state index in [0.29, 0.717) is 18.8 Å². The summed E-state index contributed by atoms with van der Waals surface area (Å²) in [6.45, 7) is 1.44. The molecule has 0 aromatic rings. The van der Waals surface area contributed by atoms with Crippen LogP contribution in [0.3, 0.4) is 0 Å². The van der Waals surface area contributed by atoms with Crippen LogP contribution in [-0.4, -0.2) is 28.9 Å². The highest BCUT2D eigenvalue weighted by Crippen LogP contribution is 2.58. The van der Waals surface area contributed by atoms with Crippen LogP contribution in [0.5, 0.6) is 0 Å². The molecule has 18 heavy (non-hydrogen) atoms. The lowest BCUT2D eigenvalue weighted by Crippen LogP contribution is -2.59. The van der Waals surface area contributed by atoms with Gasteiger partial charge >= 0.3 is 12.1 Å². The molecule has 5 heteroatoms. The molecule has 0 heterocycles. The van der Waals surface area contributed by atoms with Crippen molar-refractivity contribution in [1.29, 1.82) is 0 Å². The number of carbonyl (C=O) groups excluding carboxylic acids is 1. The van der Waals surface area contributed by atoms with Gasteiger partial charge in [-0.05, 0) is 38.0 Å². The largest absolute Gasteiger partial charge is 0.506 e. The normalized spacial score (nSPS) is 44.7. The summed E-state index contributed by atoms with van der Waals surface area (Å²) in [5, 5.41) is 8.88. The average Bonchev–Trinajstić information content (AvgIpc) is 2.20. The zero-order chi connectivity index (χ0) is 12.9. The van der Waals surface area contributed by atoms with E-state index in [-0.39, 0.29) is 23.9 Å². The Morgan fingerprint density at radius 3 is 2.28 bits per heavy atom. The van der Waals surface area contributed by atoms with Gasteiger partial charge in [0.1, 0.15) is 11.7 Å². The molecule has 0 saturated heterocycles. The van der Waals surface area contributed by atoms with E-state index in [1.54, 1.807) is 0 Å². The summed E-state index contributed by atoms with van der Waals surface area (Å²) in [6, 6.07) is 0. The van der Waals surface area contributed by atoms with E-state index in [2.05, 4.69) is 0 Å². The molecule has 0 aliphatic heterocycles. The van der Waals surface area contributed by atoms with Gasteiger partial charge in [0.2, 0.25) is 0 Å². The standard InChI is InChI=1S/C13H18O5/c1-7(14)17-11-9-2-8-3-10(11)6-13(4-8,5-9)18-12(15)16/h8-11H,2-6H2,1H3,(H,15,16). The third kappa shape index (κ3) is 1.85. The summed E-state index contributed by atoms with van der Waals surface area (Å²) in [5.74, 6) is 0.855. The van der Waals surface area contributed by atoms with Gasteiger partial charge in [-0.2, -0.15) is 0 Å². The van der Waals surface area contributed by atoms with Crippen molar-refractivity contribution in [2.24, 2.45) is 17.8 Å². The maximum absolute atomic E-state index is 11.1. The highest BCUT2D eigenvalue weighted by atomic mass is 16.7. The van der Waals surface area contributed by atoms with Crippen molar-refractivity contribution in [3.8, 4) is 0 Å². The van der Waals surface area contributed by atoms with Crippen molar-refractivity contribution in [1.82, 2.24) is 0 Å². The maximum atomic E-state index is 11.1. The molecule has 4 saturated carbocycles. The predicted octanol–water partition coefficient (Wildman–Crippen LogP) is 2.19. The summed E-state index contributed by atoms with van der Waals surface area (Å²) in [7, 11) is 0. The molecule has 0 spiro atoms. The van der Waals surface area contributed by atoms with E-state index in [1.165, 1.54) is 6.92 Å². The van der Waals surface area contributed by atoms with Crippen LogP contribution in [0.15, 0.2) is 0 Å². The Balaban J connectivity index is 1.79. The van der Waals surface area contributed by atoms with Crippen LogP contribution in [0.25, 0.3) is 0 Å². The minimum Gasteiger partial charge on any atom is -0.462 e. The van der Waals surface area contributed by atoms with E-state index in [9.17, 15) is 9.59 Å². The summed E-state index contributed by atoms with van der Waals surface area (Å²) >= 11 is 0. The van der Waals surface area contributed by atoms with Crippen molar-refractivity contribution < 1.29 is 24.2 Å². The first-order valence-corrected chi connectivity index (χ1v) is 6.56. The Kier molecular flexibility index (Phi) is 2.54. The lowest BCUT2D eigenvalue weighted by atomic mass is 9.53. The number of rotatable bonds is 2. The monoisotopic (exact) mass is 254 g/mol. The van der Waals surface area contributed by atoms with Gasteiger partial charge in [-0.15, -0.1) is 0 Å². The van der Waals surface area contributed by atoms with Crippen LogP contribution < -0.4 is 0 Å². The summed E-state index contributed by atoms with van der Waals surface area (Å²) in [4.78, 5) is 22.0. The van der Waals surface area contributed by atoms with Gasteiger partial charge in [-0.25, -0.2) is 4.79 Å². The van der Waals surface area contributed by atoms with Gasteiger partial charge < -0.3 is 14.6 Å². The first-order valence-electron chi connectivity index (χ1n) is 6.56. The number of carboxylic acid groups (broad SMARTS) is 1. The fraction of sp³-hybridized carbons (Fsp3) is 0.846. The first-order chi connectivity index (χ1) is 8.47. The van der Waals surface area contributed by atoms with Crippen LogP contribution in [-0.2, 0) is 14.3 Å². The first kappa shape index (κ1) is 11.8. The van der Waals surface area contributed by atoms with Crippen LogP contribution in [0, 0.1) is 17.8 Å². The lowest BCUT2D eigenvalue weighted by Gasteiger charge is -2.57. The van der Waals surface area contributed by atoms with Crippen molar-refractivity contribution in [3.05, 3.63) is 0 Å². The highest BCUT2D eigenvalue weighted by Gasteiger charge is 2.58. The van der Waals surface area contributed by atoms with Crippen LogP contribution in [0.2, 0.25) is 0 Å². The quantitative estimate of drug-likeness (QED) is 0.765. The van der Waals surface area contributed by atoms with Crippen LogP contribution in [0.1, 0.15) is 39.0 Å². The SMILES string of the molecule is CC(=O)OC1C2CC3CC1CC(OC(=O)O)(C3)C2. The number of ether oxygens (including phenoxy) is 2. The van der Waals surface area contributed by atoms with E-state index in [1.807, 2.05) is 0 Å². The summed E-state index contributed by atoms with van der Waals surface area (Å²) in [5.41, 5.74) is -0.501. The fourth-order valence-corrected chi connectivity index (χ4v) is 4.60. The Hall–Kier alpha value is -1.26. The highest BCUT2D eigenvalue weighted by molar-refractivity contribution is 5.66. The molecule has 0 amide bonds. The van der Waals surface area contributed by atoms with Crippen molar-refractivity contribution in [2.75, 3.05) is 0 Å². The van der Waals surface area contributed by atoms with Crippen LogP contribution in [0.4, 0.5) is 4.79 Å². The molecule has 1 N–H and O–H groups in total. The molecular weight excluding hydrogens is 236 g/mol. The lowest BCUT2D eigenvalue weighted by molar-refractivity contribution is -0.200. The minimum absolute atomic E-state index is 0.0235. The van der Waals surface area contributed by atoms with Crippen molar-refractivity contribution in [2.45, 2.75) is 50.7 Å². The van der Waals surface area contributed by atoms with Gasteiger partial charge in [0.25, 0.3) is 0 Å². The van der Waals surface area contributed by atoms with E-state index in [0.717, 1.165) is 19.3 Å². The molecule has 100 valence electrons. The smallest absolute Gasteiger partial charge is 0.462 e. The second kappa shape index (κ2) is 3.87. The van der Waals surface area contributed by atoms with Crippen LogP contribution >= 0.6 is 0 Å². The zero-order valence-corrected chi connectivity index (χ0v) is 10.4. The molecule has 4 aliphatic rings. The zero-order valence-electron chi connectivity index (χ0n) is 10.4. The van der Waals surface area contributed by atoms with E-state index in [4.69, 9.17) is 14.6 Å². The topological polar surface area (TPSA) is 72.8 Å². The number of esters is 1. The molecule has 0 aromatic heterocycles. The maximum Gasteiger partial charge on any atom is 0.506 e. The van der Waals surface area contributed by atoms with E-state index >= 15 is 0 Å². The summed E-state index contributed by atoms with van der Waals surface area (Å²) < 4.78 is 10.6. The molecule has 2 atom stereocenters. The molecule has 0 radical (unpaired) electrons. The molecule has 4 aliphatic carbocycles. The third-order valence-corrected chi connectivity index (χ3v) is 4.74. The Morgan fingerprint density at radius 2 is 1.78 bits per heavy atom. The Morgan fingerprint density at radius 1 is 1.17 bits per heavy atom. The minimum atomic E-state index is -1.18. The molecular formula is C13H18O5. The second-order valence-electron chi connectivity index (χ2n) is 6.09. The number of hydrogen-bond acceptors (Lipinski definition) is 4. The summed E-state index contributed by atoms with van der Waals surface area (Å²) in [6.07, 6.45) is 3.15. The Labute approximate surface area is 105 Å². The van der Waals surface area contributed by atoms with Gasteiger partial charge in [-0.1, -0.05) is 0 Å². The van der Waals surface area contributed by atoms with E-state index < -0.39 is 11.8 Å². The van der Waals surface area contributed by atoms with Gasteiger partial charge in [0.05, 0.1) is 0 Å². The fourth-order valence-electron chi connectivity index (χ4n) is 4.60. The number of carbonyl (C=O) groups is 2. The molecule has 5 nitrogen and oxygen atoms in total. The number of hydrogen-bond donors (Lipinski definition) is 1. The molecule has 4 rings (SSSR count).